The number of nitrogens with two attached hydrogens (primary N) is 1. The lowest BCUT2D eigenvalue weighted by Crippen LogP contribution is -2.42. The summed E-state index contributed by atoms with van der Waals surface area (Å²) in [5, 5.41) is 3.33. The second-order valence-electron chi connectivity index (χ2n) is 10.5. The highest BCUT2D eigenvalue weighted by Crippen LogP contribution is 2.39. The molecule has 1 aliphatic carbocycles. The Labute approximate surface area is 211 Å². The number of ether oxygens (including phenoxy) is 1. The summed E-state index contributed by atoms with van der Waals surface area (Å²) in [5.74, 6) is 0.0146. The van der Waals surface area contributed by atoms with Crippen LogP contribution in [0.1, 0.15) is 67.8 Å². The zero-order valence-corrected chi connectivity index (χ0v) is 21.1. The summed E-state index contributed by atoms with van der Waals surface area (Å²) in [6, 6.07) is 6.68. The van der Waals surface area contributed by atoms with Gasteiger partial charge in [-0.05, 0) is 80.7 Å². The quantitative estimate of drug-likeness (QED) is 0.509. The third-order valence-corrected chi connectivity index (χ3v) is 7.89. The third kappa shape index (κ3) is 4.55. The van der Waals surface area contributed by atoms with Gasteiger partial charge < -0.3 is 20.7 Å². The topological polar surface area (TPSA) is 93.4 Å². The Morgan fingerprint density at radius 1 is 1.25 bits per heavy atom. The van der Waals surface area contributed by atoms with Crippen LogP contribution in [-0.4, -0.2) is 41.3 Å². The van der Waals surface area contributed by atoms with Crippen LogP contribution in [0.25, 0.3) is 10.9 Å². The molecule has 3 heterocycles. The minimum absolute atomic E-state index is 0.144. The number of benzene rings is 1. The summed E-state index contributed by atoms with van der Waals surface area (Å²) in [5.41, 5.74) is 8.95. The van der Waals surface area contributed by atoms with Gasteiger partial charge in [0.25, 0.3) is 5.91 Å². The third-order valence-electron chi connectivity index (χ3n) is 7.89. The van der Waals surface area contributed by atoms with Crippen molar-refractivity contribution in [2.24, 2.45) is 11.7 Å². The summed E-state index contributed by atoms with van der Waals surface area (Å²) < 4.78 is 20.7. The van der Waals surface area contributed by atoms with Crippen LogP contribution in [0.2, 0.25) is 0 Å². The van der Waals surface area contributed by atoms with Crippen molar-refractivity contribution in [2.45, 2.75) is 63.6 Å². The van der Waals surface area contributed by atoms with Crippen molar-refractivity contribution in [1.82, 2.24) is 9.97 Å². The molecule has 4 atom stereocenters. The highest BCUT2D eigenvalue weighted by molar-refractivity contribution is 6.12. The Morgan fingerprint density at radius 3 is 2.86 bits per heavy atom. The maximum Gasteiger partial charge on any atom is 0.257 e. The van der Waals surface area contributed by atoms with Crippen molar-refractivity contribution in [2.75, 3.05) is 23.9 Å². The first-order chi connectivity index (χ1) is 17.3. The second kappa shape index (κ2) is 9.75. The number of carbonyl (C=O) groups is 1. The fourth-order valence-electron chi connectivity index (χ4n) is 6.02. The Kier molecular flexibility index (Phi) is 6.66. The van der Waals surface area contributed by atoms with E-state index in [1.807, 2.05) is 13.0 Å². The molecule has 3 aromatic rings. The average Bonchev–Trinajstić information content (AvgIpc) is 3.26. The molecule has 0 bridgehead atoms. The van der Waals surface area contributed by atoms with Crippen LogP contribution in [0.4, 0.5) is 15.8 Å². The van der Waals surface area contributed by atoms with Gasteiger partial charge in [-0.25, -0.2) is 4.39 Å². The Hall–Kier alpha value is -3.10. The van der Waals surface area contributed by atoms with Gasteiger partial charge in [0.15, 0.2) is 0 Å². The van der Waals surface area contributed by atoms with Crippen molar-refractivity contribution < 1.29 is 13.9 Å². The number of halogens is 1. The molecule has 2 aromatic heterocycles. The molecular weight excluding hydrogens is 457 g/mol. The molecule has 36 heavy (non-hydrogen) atoms. The fraction of sp³-hybridized carbons (Fsp3) is 0.464. The molecule has 1 amide bonds. The smallest absolute Gasteiger partial charge is 0.257 e. The maximum atomic E-state index is 14.9. The van der Waals surface area contributed by atoms with Gasteiger partial charge in [0.05, 0.1) is 34.8 Å². The number of fused-ring (bicyclic) bond motifs is 1. The lowest BCUT2D eigenvalue weighted by Gasteiger charge is -2.35. The van der Waals surface area contributed by atoms with Crippen LogP contribution < -0.4 is 16.0 Å². The van der Waals surface area contributed by atoms with E-state index in [2.05, 4.69) is 27.1 Å². The largest absolute Gasteiger partial charge is 0.359 e. The minimum atomic E-state index is -0.462. The number of hydrogen-bond donors (Lipinski definition) is 2. The summed E-state index contributed by atoms with van der Waals surface area (Å²) >= 11 is 0. The van der Waals surface area contributed by atoms with E-state index in [0.29, 0.717) is 28.1 Å². The first kappa shape index (κ1) is 24.6. The van der Waals surface area contributed by atoms with E-state index in [4.69, 9.17) is 10.5 Å². The summed E-state index contributed by atoms with van der Waals surface area (Å²) in [7, 11) is 1.68. The van der Waals surface area contributed by atoms with Crippen LogP contribution in [-0.2, 0) is 4.74 Å². The van der Waals surface area contributed by atoms with E-state index in [1.165, 1.54) is 12.1 Å². The Morgan fingerprint density at radius 2 is 2.08 bits per heavy atom. The van der Waals surface area contributed by atoms with Crippen LogP contribution in [0.15, 0.2) is 42.9 Å². The molecule has 2 aliphatic rings. The zero-order chi connectivity index (χ0) is 25.4. The molecule has 2 fully saturated rings. The molecular formula is C28H34FN5O2. The van der Waals surface area contributed by atoms with Gasteiger partial charge >= 0.3 is 0 Å². The number of nitrogens with one attached hydrogen (secondary N) is 1. The molecule has 1 aliphatic heterocycles. The first-order valence-corrected chi connectivity index (χ1v) is 12.7. The summed E-state index contributed by atoms with van der Waals surface area (Å²) in [6.45, 7) is 5.04. The standard InChI is InChI=1S/C28H34FN5O2/c1-17-11-18(13-19(30)12-17)21-7-9-31-16-25(21)33-27(35)22-5-6-24(29)23-14-20(15-32-26(22)23)34-10-4-8-28(34,2)36-3/h5-7,9,14-19H,4,8,10-13,30H2,1-3H3,(H,33,35)/t17-,18+,19-,28?/m0/s1. The Bertz CT molecular complexity index is 1270. The monoisotopic (exact) mass is 491 g/mol. The van der Waals surface area contributed by atoms with Gasteiger partial charge in [-0.3, -0.25) is 14.8 Å². The van der Waals surface area contributed by atoms with Gasteiger partial charge in [-0.1, -0.05) is 6.92 Å². The van der Waals surface area contributed by atoms with Crippen LogP contribution in [0.3, 0.4) is 0 Å². The van der Waals surface area contributed by atoms with Crippen molar-refractivity contribution in [3.8, 4) is 0 Å². The minimum Gasteiger partial charge on any atom is -0.359 e. The number of amides is 1. The van der Waals surface area contributed by atoms with Crippen LogP contribution in [0, 0.1) is 11.7 Å². The average molecular weight is 492 g/mol. The molecule has 1 saturated carbocycles. The molecule has 8 heteroatoms. The van der Waals surface area contributed by atoms with E-state index in [9.17, 15) is 9.18 Å². The number of rotatable bonds is 5. The molecule has 0 radical (unpaired) electrons. The van der Waals surface area contributed by atoms with Gasteiger partial charge in [0.2, 0.25) is 0 Å². The van der Waals surface area contributed by atoms with E-state index >= 15 is 0 Å². The lowest BCUT2D eigenvalue weighted by molar-refractivity contribution is 0.0155. The predicted molar refractivity (Wildman–Crippen MR) is 140 cm³/mol. The first-order valence-electron chi connectivity index (χ1n) is 12.7. The van der Waals surface area contributed by atoms with Crippen LogP contribution >= 0.6 is 0 Å². The number of aromatic nitrogens is 2. The highest BCUT2D eigenvalue weighted by Gasteiger charge is 2.37. The van der Waals surface area contributed by atoms with E-state index < -0.39 is 11.5 Å². The lowest BCUT2D eigenvalue weighted by atomic mass is 9.76. The number of anilines is 2. The van der Waals surface area contributed by atoms with Crippen LogP contribution in [0.5, 0.6) is 0 Å². The molecule has 7 nitrogen and oxygen atoms in total. The van der Waals surface area contributed by atoms with Crippen molar-refractivity contribution in [3.63, 3.8) is 0 Å². The highest BCUT2D eigenvalue weighted by atomic mass is 19.1. The molecule has 1 saturated heterocycles. The molecule has 5 rings (SSSR count). The number of pyridine rings is 2. The van der Waals surface area contributed by atoms with Crippen molar-refractivity contribution in [1.29, 1.82) is 0 Å². The number of carbonyl (C=O) groups excluding carboxylic acids is 1. The molecule has 0 spiro atoms. The van der Waals surface area contributed by atoms with Crippen molar-refractivity contribution >= 4 is 28.2 Å². The van der Waals surface area contributed by atoms with E-state index in [1.54, 1.807) is 31.8 Å². The normalized spacial score (nSPS) is 26.4. The molecule has 1 aromatic carbocycles. The second-order valence-corrected chi connectivity index (χ2v) is 10.5. The van der Waals surface area contributed by atoms with E-state index in [0.717, 1.165) is 49.9 Å². The van der Waals surface area contributed by atoms with Crippen molar-refractivity contribution in [3.05, 3.63) is 59.8 Å². The van der Waals surface area contributed by atoms with Gasteiger partial charge in [-0.15, -0.1) is 0 Å². The number of nitrogens with zero attached hydrogens (tertiary/aromatic N) is 3. The zero-order valence-electron chi connectivity index (χ0n) is 21.1. The molecule has 3 N–H and O–H groups in total. The van der Waals surface area contributed by atoms with Gasteiger partial charge in [-0.2, -0.15) is 0 Å². The van der Waals surface area contributed by atoms with Gasteiger partial charge in [0.1, 0.15) is 11.5 Å². The number of methoxy groups -OCH3 is 1. The van der Waals surface area contributed by atoms with Gasteiger partial charge in [0, 0.05) is 31.3 Å². The molecule has 190 valence electrons. The summed E-state index contributed by atoms with van der Waals surface area (Å²) in [6.07, 6.45) is 9.88. The SMILES string of the molecule is COC1(C)CCCN1c1cnc2c(C(=O)Nc3cnccc3[C@@H]3C[C@H](C)C[C@H](N)C3)ccc(F)c2c1. The number of hydrogen-bond acceptors (Lipinski definition) is 6. The van der Waals surface area contributed by atoms with E-state index in [-0.39, 0.29) is 17.9 Å². The fourth-order valence-corrected chi connectivity index (χ4v) is 6.02. The molecule has 1 unspecified atom stereocenters. The predicted octanol–water partition coefficient (Wildman–Crippen LogP) is 5.21. The summed E-state index contributed by atoms with van der Waals surface area (Å²) in [4.78, 5) is 24.3. The Balaban J connectivity index is 1.46. The maximum absolute atomic E-state index is 14.9.